The van der Waals surface area contributed by atoms with Crippen LogP contribution in [-0.4, -0.2) is 54.4 Å². The third kappa shape index (κ3) is 3.87. The van der Waals surface area contributed by atoms with Gasteiger partial charge in [0.15, 0.2) is 0 Å². The molecule has 21 heavy (non-hydrogen) atoms. The fourth-order valence-corrected chi connectivity index (χ4v) is 3.37. The molecule has 0 aromatic carbocycles. The number of carbonyl (C=O) groups excluding carboxylic acids is 1. The first kappa shape index (κ1) is 16.1. The van der Waals surface area contributed by atoms with Gasteiger partial charge in [-0.05, 0) is 32.6 Å². The first-order valence-electron chi connectivity index (χ1n) is 7.95. The standard InChI is InChI=1S/C15H26N2O4/c1-2-21-12-6-5-9-17(10-12)14(20)16-11-15(13(18)19)7-3-4-8-15/h12H,2-11H2,1H3,(H,16,20)(H,18,19). The molecule has 6 heteroatoms. The zero-order chi connectivity index (χ0) is 15.3. The minimum Gasteiger partial charge on any atom is -0.481 e. The molecule has 1 heterocycles. The molecule has 0 spiro atoms. The molecule has 2 amide bonds. The van der Waals surface area contributed by atoms with Crippen LogP contribution >= 0.6 is 0 Å². The number of urea groups is 1. The monoisotopic (exact) mass is 298 g/mol. The number of ether oxygens (including phenoxy) is 1. The number of carboxylic acid groups (broad SMARTS) is 1. The summed E-state index contributed by atoms with van der Waals surface area (Å²) in [4.78, 5) is 25.4. The van der Waals surface area contributed by atoms with E-state index in [4.69, 9.17) is 4.74 Å². The molecule has 1 atom stereocenters. The Morgan fingerprint density at radius 3 is 2.67 bits per heavy atom. The molecular weight excluding hydrogens is 272 g/mol. The van der Waals surface area contributed by atoms with Crippen LogP contribution in [0.3, 0.4) is 0 Å². The van der Waals surface area contributed by atoms with Crippen molar-refractivity contribution in [3.8, 4) is 0 Å². The summed E-state index contributed by atoms with van der Waals surface area (Å²) in [6.07, 6.45) is 5.19. The first-order chi connectivity index (χ1) is 10.1. The van der Waals surface area contributed by atoms with Crippen LogP contribution in [0.5, 0.6) is 0 Å². The third-order valence-corrected chi connectivity index (χ3v) is 4.66. The van der Waals surface area contributed by atoms with Gasteiger partial charge >= 0.3 is 12.0 Å². The Balaban J connectivity index is 1.85. The highest BCUT2D eigenvalue weighted by atomic mass is 16.5. The van der Waals surface area contributed by atoms with Crippen LogP contribution in [0, 0.1) is 5.41 Å². The molecule has 120 valence electrons. The topological polar surface area (TPSA) is 78.9 Å². The van der Waals surface area contributed by atoms with Crippen LogP contribution in [-0.2, 0) is 9.53 Å². The van der Waals surface area contributed by atoms with Crippen LogP contribution in [0.2, 0.25) is 0 Å². The predicted molar refractivity (Wildman–Crippen MR) is 78.2 cm³/mol. The maximum absolute atomic E-state index is 12.2. The van der Waals surface area contributed by atoms with Gasteiger partial charge in [0.2, 0.25) is 0 Å². The number of nitrogens with one attached hydrogen (secondary N) is 1. The van der Waals surface area contributed by atoms with Crippen molar-refractivity contribution in [3.05, 3.63) is 0 Å². The maximum atomic E-state index is 12.2. The van der Waals surface area contributed by atoms with Crippen LogP contribution in [0.15, 0.2) is 0 Å². The Morgan fingerprint density at radius 2 is 2.05 bits per heavy atom. The van der Waals surface area contributed by atoms with E-state index in [2.05, 4.69) is 5.32 Å². The number of carbonyl (C=O) groups is 2. The van der Waals surface area contributed by atoms with Gasteiger partial charge in [0.1, 0.15) is 0 Å². The summed E-state index contributed by atoms with van der Waals surface area (Å²) in [5, 5.41) is 12.2. The Kier molecular flexibility index (Phi) is 5.45. The molecule has 0 radical (unpaired) electrons. The van der Waals surface area contributed by atoms with E-state index < -0.39 is 11.4 Å². The molecule has 0 bridgehead atoms. The van der Waals surface area contributed by atoms with Gasteiger partial charge in [0.25, 0.3) is 0 Å². The van der Waals surface area contributed by atoms with Crippen molar-refractivity contribution in [2.45, 2.75) is 51.6 Å². The molecule has 1 aliphatic heterocycles. The Labute approximate surface area is 125 Å². The van der Waals surface area contributed by atoms with Crippen molar-refractivity contribution in [3.63, 3.8) is 0 Å². The summed E-state index contributed by atoms with van der Waals surface area (Å²) in [5.41, 5.74) is -0.759. The summed E-state index contributed by atoms with van der Waals surface area (Å²) >= 11 is 0. The maximum Gasteiger partial charge on any atom is 0.317 e. The summed E-state index contributed by atoms with van der Waals surface area (Å²) in [6, 6.07) is -0.160. The van der Waals surface area contributed by atoms with Gasteiger partial charge in [-0.15, -0.1) is 0 Å². The van der Waals surface area contributed by atoms with E-state index in [9.17, 15) is 14.7 Å². The number of hydrogen-bond acceptors (Lipinski definition) is 3. The third-order valence-electron chi connectivity index (χ3n) is 4.66. The second-order valence-electron chi connectivity index (χ2n) is 6.12. The Hall–Kier alpha value is -1.30. The molecule has 2 rings (SSSR count). The number of rotatable bonds is 5. The molecule has 1 saturated heterocycles. The van der Waals surface area contributed by atoms with E-state index in [1.54, 1.807) is 4.90 Å². The Bertz CT molecular complexity index is 378. The van der Waals surface area contributed by atoms with Crippen molar-refractivity contribution >= 4 is 12.0 Å². The molecule has 2 aliphatic rings. The lowest BCUT2D eigenvalue weighted by Gasteiger charge is -2.33. The lowest BCUT2D eigenvalue weighted by Crippen LogP contribution is -2.50. The number of aliphatic carboxylic acids is 1. The zero-order valence-electron chi connectivity index (χ0n) is 12.8. The SMILES string of the molecule is CCOC1CCCN(C(=O)NCC2(C(=O)O)CCCC2)C1. The predicted octanol–water partition coefficient (Wildman–Crippen LogP) is 1.84. The fraction of sp³-hybridized carbons (Fsp3) is 0.867. The lowest BCUT2D eigenvalue weighted by molar-refractivity contribution is -0.148. The van der Waals surface area contributed by atoms with E-state index >= 15 is 0 Å². The second kappa shape index (κ2) is 7.11. The van der Waals surface area contributed by atoms with Crippen LogP contribution in [0.4, 0.5) is 4.79 Å². The van der Waals surface area contributed by atoms with Crippen molar-refractivity contribution in [1.82, 2.24) is 10.2 Å². The van der Waals surface area contributed by atoms with Crippen molar-refractivity contribution in [2.24, 2.45) is 5.41 Å². The average Bonchev–Trinajstić information content (AvgIpc) is 2.96. The lowest BCUT2D eigenvalue weighted by atomic mass is 9.86. The smallest absolute Gasteiger partial charge is 0.317 e. The highest BCUT2D eigenvalue weighted by molar-refractivity contribution is 5.78. The first-order valence-corrected chi connectivity index (χ1v) is 7.95. The van der Waals surface area contributed by atoms with Crippen molar-refractivity contribution < 1.29 is 19.4 Å². The van der Waals surface area contributed by atoms with E-state index in [1.807, 2.05) is 6.92 Å². The minimum absolute atomic E-state index is 0.106. The molecule has 0 aromatic rings. The molecule has 2 fully saturated rings. The summed E-state index contributed by atoms with van der Waals surface area (Å²) in [5.74, 6) is -0.786. The van der Waals surface area contributed by atoms with Crippen LogP contribution in [0.1, 0.15) is 45.4 Å². The van der Waals surface area contributed by atoms with Gasteiger partial charge in [-0.2, -0.15) is 0 Å². The fourth-order valence-electron chi connectivity index (χ4n) is 3.37. The van der Waals surface area contributed by atoms with Crippen LogP contribution < -0.4 is 5.32 Å². The second-order valence-corrected chi connectivity index (χ2v) is 6.12. The number of carboxylic acids is 1. The van der Waals surface area contributed by atoms with E-state index in [1.165, 1.54) is 0 Å². The number of hydrogen-bond donors (Lipinski definition) is 2. The highest BCUT2D eigenvalue weighted by Gasteiger charge is 2.41. The molecule has 2 N–H and O–H groups in total. The van der Waals surface area contributed by atoms with Gasteiger partial charge in [-0.25, -0.2) is 4.79 Å². The molecule has 1 unspecified atom stereocenters. The van der Waals surface area contributed by atoms with Gasteiger partial charge in [-0.3, -0.25) is 4.79 Å². The minimum atomic E-state index is -0.786. The van der Waals surface area contributed by atoms with Crippen molar-refractivity contribution in [1.29, 1.82) is 0 Å². The van der Waals surface area contributed by atoms with Gasteiger partial charge in [-0.1, -0.05) is 12.8 Å². The molecule has 6 nitrogen and oxygen atoms in total. The number of amides is 2. The summed E-state index contributed by atoms with van der Waals surface area (Å²) in [6.45, 7) is 4.16. The Morgan fingerprint density at radius 1 is 1.33 bits per heavy atom. The van der Waals surface area contributed by atoms with Crippen LogP contribution in [0.25, 0.3) is 0 Å². The zero-order valence-corrected chi connectivity index (χ0v) is 12.8. The molecular formula is C15H26N2O4. The van der Waals surface area contributed by atoms with E-state index in [0.717, 1.165) is 32.2 Å². The van der Waals surface area contributed by atoms with E-state index in [0.29, 0.717) is 26.0 Å². The molecule has 1 saturated carbocycles. The average molecular weight is 298 g/mol. The number of likely N-dealkylation sites (tertiary alicyclic amines) is 1. The van der Waals surface area contributed by atoms with Gasteiger partial charge in [0.05, 0.1) is 11.5 Å². The summed E-state index contributed by atoms with van der Waals surface area (Å²) in [7, 11) is 0. The molecule has 1 aliphatic carbocycles. The highest BCUT2D eigenvalue weighted by Crippen LogP contribution is 2.37. The largest absolute Gasteiger partial charge is 0.481 e. The quantitative estimate of drug-likeness (QED) is 0.812. The normalized spacial score (nSPS) is 24.8. The number of nitrogens with zero attached hydrogens (tertiary/aromatic N) is 1. The van der Waals surface area contributed by atoms with Crippen molar-refractivity contribution in [2.75, 3.05) is 26.2 Å². The summed E-state index contributed by atoms with van der Waals surface area (Å²) < 4.78 is 5.58. The number of piperidine rings is 1. The van der Waals surface area contributed by atoms with Gasteiger partial charge in [0, 0.05) is 26.2 Å². The van der Waals surface area contributed by atoms with Gasteiger partial charge < -0.3 is 20.1 Å². The van der Waals surface area contributed by atoms with E-state index in [-0.39, 0.29) is 18.7 Å². The molecule has 0 aromatic heterocycles.